The molecule has 0 saturated heterocycles. The van der Waals surface area contributed by atoms with Crippen molar-refractivity contribution in [2.24, 2.45) is 0 Å². The number of carbonyl (C=O) groups excluding carboxylic acids is 1. The van der Waals surface area contributed by atoms with Gasteiger partial charge in [-0.25, -0.2) is 0 Å². The molecule has 0 aliphatic rings. The Balaban J connectivity index is 2.16. The molecule has 0 aliphatic heterocycles. The van der Waals surface area contributed by atoms with Gasteiger partial charge in [0.25, 0.3) is 5.91 Å². The zero-order valence-corrected chi connectivity index (χ0v) is 14.8. The minimum atomic E-state index is -0.211. The summed E-state index contributed by atoms with van der Waals surface area (Å²) in [7, 11) is 0. The second-order valence-corrected chi connectivity index (χ2v) is 6.69. The van der Waals surface area contributed by atoms with E-state index >= 15 is 0 Å². The van der Waals surface area contributed by atoms with Gasteiger partial charge in [-0.05, 0) is 42.8 Å². The van der Waals surface area contributed by atoms with Crippen LogP contribution in [0.2, 0.25) is 15.1 Å². The number of nitrogens with one attached hydrogen (secondary N) is 1. The van der Waals surface area contributed by atoms with Crippen molar-refractivity contribution in [2.45, 2.75) is 13.0 Å². The van der Waals surface area contributed by atoms with Gasteiger partial charge >= 0.3 is 0 Å². The first-order valence-electron chi connectivity index (χ1n) is 6.08. The largest absolute Gasteiger partial charge is 0.346 e. The molecule has 2 aromatic carbocycles. The summed E-state index contributed by atoms with van der Waals surface area (Å²) >= 11 is 21.1. The molecule has 0 heterocycles. The lowest BCUT2D eigenvalue weighted by Gasteiger charge is -2.15. The van der Waals surface area contributed by atoms with Crippen LogP contribution in [0.5, 0.6) is 0 Å². The fraction of sp³-hybridized carbons (Fsp3) is 0.133. The van der Waals surface area contributed by atoms with Gasteiger partial charge in [-0.1, -0.05) is 56.8 Å². The minimum Gasteiger partial charge on any atom is -0.346 e. The predicted octanol–water partition coefficient (Wildman–Crippen LogP) is 5.90. The summed E-state index contributed by atoms with van der Waals surface area (Å²) in [5.74, 6) is -0.211. The van der Waals surface area contributed by atoms with Crippen molar-refractivity contribution in [1.82, 2.24) is 5.32 Å². The van der Waals surface area contributed by atoms with Crippen molar-refractivity contribution in [3.05, 3.63) is 67.1 Å². The molecule has 2 aromatic rings. The normalized spacial score (nSPS) is 12.0. The van der Waals surface area contributed by atoms with E-state index in [-0.39, 0.29) is 11.9 Å². The number of benzene rings is 2. The van der Waals surface area contributed by atoms with Crippen LogP contribution in [0.1, 0.15) is 28.9 Å². The number of hydrogen-bond donors (Lipinski definition) is 1. The summed E-state index contributed by atoms with van der Waals surface area (Å²) < 4.78 is 0.752. The second kappa shape index (κ2) is 7.01. The summed E-state index contributed by atoms with van der Waals surface area (Å²) in [6, 6.07) is 10.1. The lowest BCUT2D eigenvalue weighted by atomic mass is 10.1. The summed E-state index contributed by atoms with van der Waals surface area (Å²) in [4.78, 5) is 12.2. The van der Waals surface area contributed by atoms with Gasteiger partial charge in [0, 0.05) is 15.1 Å². The first-order chi connectivity index (χ1) is 9.86. The maximum Gasteiger partial charge on any atom is 0.251 e. The number of amides is 1. The molecule has 6 heteroatoms. The van der Waals surface area contributed by atoms with Crippen LogP contribution in [0.4, 0.5) is 0 Å². The molecule has 2 nitrogen and oxygen atoms in total. The highest BCUT2D eigenvalue weighted by atomic mass is 79.9. The summed E-state index contributed by atoms with van der Waals surface area (Å²) in [5.41, 5.74) is 1.36. The Bertz CT molecular complexity index is 670. The Morgan fingerprint density at radius 1 is 1.10 bits per heavy atom. The van der Waals surface area contributed by atoms with Crippen molar-refractivity contribution in [3.8, 4) is 0 Å². The number of carbonyl (C=O) groups is 1. The SMILES string of the molecule is CC(NC(=O)c1cc(Cl)cc(Br)c1)c1ccc(Cl)c(Cl)c1. The van der Waals surface area contributed by atoms with Crippen molar-refractivity contribution in [2.75, 3.05) is 0 Å². The van der Waals surface area contributed by atoms with Crippen LogP contribution >= 0.6 is 50.7 Å². The van der Waals surface area contributed by atoms with Crippen molar-refractivity contribution in [3.63, 3.8) is 0 Å². The fourth-order valence-electron chi connectivity index (χ4n) is 1.83. The molecule has 21 heavy (non-hydrogen) atoms. The summed E-state index contributed by atoms with van der Waals surface area (Å²) in [6.45, 7) is 1.87. The van der Waals surface area contributed by atoms with E-state index in [0.717, 1.165) is 10.0 Å². The molecule has 0 bridgehead atoms. The highest BCUT2D eigenvalue weighted by molar-refractivity contribution is 9.10. The molecule has 0 saturated carbocycles. The van der Waals surface area contributed by atoms with Gasteiger partial charge in [0.2, 0.25) is 0 Å². The maximum atomic E-state index is 12.2. The molecule has 0 aromatic heterocycles. The molecule has 1 N–H and O–H groups in total. The van der Waals surface area contributed by atoms with E-state index in [1.807, 2.05) is 13.0 Å². The minimum absolute atomic E-state index is 0.204. The lowest BCUT2D eigenvalue weighted by Crippen LogP contribution is -2.26. The smallest absolute Gasteiger partial charge is 0.251 e. The van der Waals surface area contributed by atoms with Crippen molar-refractivity contribution < 1.29 is 4.79 Å². The highest BCUT2D eigenvalue weighted by Crippen LogP contribution is 2.26. The molecular formula is C15H11BrCl3NO. The van der Waals surface area contributed by atoms with Gasteiger partial charge in [-0.15, -0.1) is 0 Å². The van der Waals surface area contributed by atoms with Crippen LogP contribution in [0.25, 0.3) is 0 Å². The van der Waals surface area contributed by atoms with Gasteiger partial charge in [-0.2, -0.15) is 0 Å². The van der Waals surface area contributed by atoms with Crippen LogP contribution in [-0.4, -0.2) is 5.91 Å². The van der Waals surface area contributed by atoms with E-state index in [1.165, 1.54) is 0 Å². The summed E-state index contributed by atoms with van der Waals surface area (Å²) in [6.07, 6.45) is 0. The van der Waals surface area contributed by atoms with Crippen LogP contribution in [-0.2, 0) is 0 Å². The first kappa shape index (κ1) is 16.6. The van der Waals surface area contributed by atoms with Crippen molar-refractivity contribution >= 4 is 56.6 Å². The van der Waals surface area contributed by atoms with Gasteiger partial charge in [-0.3, -0.25) is 4.79 Å². The summed E-state index contributed by atoms with van der Waals surface area (Å²) in [5, 5.41) is 4.33. The third-order valence-corrected chi connectivity index (χ3v) is 4.33. The number of rotatable bonds is 3. The molecule has 0 spiro atoms. The standard InChI is InChI=1S/C15H11BrCl3NO/c1-8(9-2-3-13(18)14(19)6-9)20-15(21)10-4-11(16)7-12(17)5-10/h2-8H,1H3,(H,20,21). The number of halogens is 4. The average molecular weight is 408 g/mol. The van der Waals surface area contributed by atoms with Gasteiger partial charge in [0.05, 0.1) is 16.1 Å². The average Bonchev–Trinajstić information content (AvgIpc) is 2.40. The Hall–Kier alpha value is -0.740. The fourth-order valence-corrected chi connectivity index (χ4v) is 3.00. The third-order valence-electron chi connectivity index (χ3n) is 2.92. The predicted molar refractivity (Wildman–Crippen MR) is 91.5 cm³/mol. The molecule has 2 rings (SSSR count). The quantitative estimate of drug-likeness (QED) is 0.674. The highest BCUT2D eigenvalue weighted by Gasteiger charge is 2.13. The molecule has 1 atom stereocenters. The lowest BCUT2D eigenvalue weighted by molar-refractivity contribution is 0.0940. The molecule has 110 valence electrons. The van der Waals surface area contributed by atoms with Gasteiger partial charge in [0.1, 0.15) is 0 Å². The topological polar surface area (TPSA) is 29.1 Å². The van der Waals surface area contributed by atoms with E-state index in [4.69, 9.17) is 34.8 Å². The Morgan fingerprint density at radius 2 is 1.81 bits per heavy atom. The van der Waals surface area contributed by atoms with E-state index in [2.05, 4.69) is 21.2 Å². The Kier molecular flexibility index (Phi) is 5.55. The Labute approximate surface area is 146 Å². The zero-order valence-electron chi connectivity index (χ0n) is 11.0. The van der Waals surface area contributed by atoms with Crippen LogP contribution in [0.3, 0.4) is 0 Å². The van der Waals surface area contributed by atoms with Gasteiger partial charge < -0.3 is 5.32 Å². The molecule has 0 fully saturated rings. The maximum absolute atomic E-state index is 12.2. The van der Waals surface area contributed by atoms with Gasteiger partial charge in [0.15, 0.2) is 0 Å². The van der Waals surface area contributed by atoms with E-state index in [0.29, 0.717) is 20.6 Å². The third kappa shape index (κ3) is 4.36. The van der Waals surface area contributed by atoms with E-state index in [1.54, 1.807) is 30.3 Å². The van der Waals surface area contributed by atoms with Crippen molar-refractivity contribution in [1.29, 1.82) is 0 Å². The zero-order chi connectivity index (χ0) is 15.6. The molecule has 1 amide bonds. The monoisotopic (exact) mass is 405 g/mol. The van der Waals surface area contributed by atoms with Crippen LogP contribution in [0.15, 0.2) is 40.9 Å². The number of hydrogen-bond acceptors (Lipinski definition) is 1. The van der Waals surface area contributed by atoms with E-state index < -0.39 is 0 Å². The second-order valence-electron chi connectivity index (χ2n) is 4.53. The van der Waals surface area contributed by atoms with Crippen LogP contribution < -0.4 is 5.32 Å². The Morgan fingerprint density at radius 3 is 2.43 bits per heavy atom. The molecule has 0 radical (unpaired) electrons. The van der Waals surface area contributed by atoms with Crippen LogP contribution in [0, 0.1) is 0 Å². The molecule has 1 unspecified atom stereocenters. The molecular weight excluding hydrogens is 396 g/mol. The first-order valence-corrected chi connectivity index (χ1v) is 8.01. The molecule has 0 aliphatic carbocycles. The van der Waals surface area contributed by atoms with E-state index in [9.17, 15) is 4.79 Å².